The lowest BCUT2D eigenvalue weighted by Gasteiger charge is -2.28. The molecule has 3 N–H and O–H groups in total. The van der Waals surface area contributed by atoms with Gasteiger partial charge in [0.1, 0.15) is 5.75 Å². The lowest BCUT2D eigenvalue weighted by Crippen LogP contribution is -2.39. The number of ether oxygens (including phenoxy) is 1. The van der Waals surface area contributed by atoms with Gasteiger partial charge in [-0.3, -0.25) is 0 Å². The zero-order chi connectivity index (χ0) is 12.5. The summed E-state index contributed by atoms with van der Waals surface area (Å²) in [6.07, 6.45) is -0.820. The van der Waals surface area contributed by atoms with Gasteiger partial charge in [0.15, 0.2) is 0 Å². The van der Waals surface area contributed by atoms with Gasteiger partial charge in [-0.05, 0) is 38.5 Å². The first kappa shape index (κ1) is 13.3. The zero-order valence-electron chi connectivity index (χ0n) is 10.0. The van der Waals surface area contributed by atoms with E-state index in [1.165, 1.54) is 0 Å². The number of hydrogen-bond donors (Lipinski definition) is 2. The molecule has 0 amide bonds. The Morgan fingerprint density at radius 2 is 2.00 bits per heavy atom. The molecular weight excluding hydrogens is 226 g/mol. The molecule has 1 atom stereocenters. The summed E-state index contributed by atoms with van der Waals surface area (Å²) in [5.41, 5.74) is 6.65. The average molecular weight is 244 g/mol. The maximum atomic E-state index is 10.2. The third-order valence-electron chi connectivity index (χ3n) is 2.47. The summed E-state index contributed by atoms with van der Waals surface area (Å²) in [7, 11) is 1.57. The number of rotatable bonds is 3. The van der Waals surface area contributed by atoms with Gasteiger partial charge in [-0.15, -0.1) is 0 Å². The second kappa shape index (κ2) is 4.62. The Labute approximate surface area is 101 Å². The Bertz CT molecular complexity index is 385. The van der Waals surface area contributed by atoms with Crippen LogP contribution >= 0.6 is 11.6 Å². The van der Waals surface area contributed by atoms with Crippen molar-refractivity contribution in [3.63, 3.8) is 0 Å². The topological polar surface area (TPSA) is 55.5 Å². The lowest BCUT2D eigenvalue weighted by molar-refractivity contribution is 0.102. The lowest BCUT2D eigenvalue weighted by atomic mass is 9.91. The predicted octanol–water partition coefficient (Wildman–Crippen LogP) is 2.43. The fourth-order valence-corrected chi connectivity index (χ4v) is 1.92. The van der Waals surface area contributed by atoms with Gasteiger partial charge in [0, 0.05) is 16.1 Å². The van der Waals surface area contributed by atoms with E-state index in [4.69, 9.17) is 22.1 Å². The quantitative estimate of drug-likeness (QED) is 0.857. The van der Waals surface area contributed by atoms with E-state index in [0.717, 1.165) is 5.56 Å². The van der Waals surface area contributed by atoms with Crippen molar-refractivity contribution >= 4 is 11.6 Å². The molecule has 0 radical (unpaired) electrons. The summed E-state index contributed by atoms with van der Waals surface area (Å²) in [4.78, 5) is 0. The first-order valence-electron chi connectivity index (χ1n) is 5.08. The number of methoxy groups -OCH3 is 1. The van der Waals surface area contributed by atoms with E-state index in [1.54, 1.807) is 33.1 Å². The van der Waals surface area contributed by atoms with Gasteiger partial charge >= 0.3 is 0 Å². The molecule has 0 aliphatic carbocycles. The Morgan fingerprint density at radius 3 is 2.44 bits per heavy atom. The van der Waals surface area contributed by atoms with Crippen molar-refractivity contribution in [3.8, 4) is 5.75 Å². The van der Waals surface area contributed by atoms with Gasteiger partial charge in [0.2, 0.25) is 0 Å². The minimum atomic E-state index is -0.820. The van der Waals surface area contributed by atoms with Gasteiger partial charge in [-0.2, -0.15) is 0 Å². The van der Waals surface area contributed by atoms with Crippen molar-refractivity contribution in [2.45, 2.75) is 32.4 Å². The highest BCUT2D eigenvalue weighted by molar-refractivity contribution is 6.30. The smallest absolute Gasteiger partial charge is 0.127 e. The van der Waals surface area contributed by atoms with Crippen molar-refractivity contribution in [2.75, 3.05) is 7.11 Å². The third-order valence-corrected chi connectivity index (χ3v) is 2.69. The Hall–Kier alpha value is -0.770. The van der Waals surface area contributed by atoms with Crippen LogP contribution in [0.5, 0.6) is 5.75 Å². The highest BCUT2D eigenvalue weighted by Gasteiger charge is 2.28. The van der Waals surface area contributed by atoms with Crippen LogP contribution in [-0.2, 0) is 0 Å². The van der Waals surface area contributed by atoms with Gasteiger partial charge in [0.25, 0.3) is 0 Å². The Morgan fingerprint density at radius 1 is 1.44 bits per heavy atom. The van der Waals surface area contributed by atoms with Crippen LogP contribution in [0.4, 0.5) is 0 Å². The van der Waals surface area contributed by atoms with Crippen molar-refractivity contribution in [2.24, 2.45) is 5.73 Å². The number of aryl methyl sites for hydroxylation is 1. The number of benzene rings is 1. The Balaban J connectivity index is 3.31. The van der Waals surface area contributed by atoms with E-state index >= 15 is 0 Å². The fraction of sp³-hybridized carbons (Fsp3) is 0.500. The molecule has 1 aromatic rings. The number of nitrogens with two attached hydrogens (primary N) is 1. The first-order valence-corrected chi connectivity index (χ1v) is 5.46. The van der Waals surface area contributed by atoms with E-state index in [-0.39, 0.29) is 0 Å². The molecule has 0 bridgehead atoms. The van der Waals surface area contributed by atoms with Crippen LogP contribution in [0.15, 0.2) is 12.1 Å². The van der Waals surface area contributed by atoms with E-state index in [1.807, 2.05) is 6.92 Å². The monoisotopic (exact) mass is 243 g/mol. The molecule has 0 aliphatic heterocycles. The molecule has 1 rings (SSSR count). The molecule has 16 heavy (non-hydrogen) atoms. The normalized spacial score (nSPS) is 13.7. The number of aliphatic hydroxyl groups excluding tert-OH is 1. The van der Waals surface area contributed by atoms with E-state index in [2.05, 4.69) is 0 Å². The molecular formula is C12H18ClNO2. The molecule has 1 aromatic carbocycles. The number of hydrogen-bond acceptors (Lipinski definition) is 3. The second-order valence-corrected chi connectivity index (χ2v) is 5.01. The number of aliphatic hydroxyl groups is 1. The van der Waals surface area contributed by atoms with Crippen molar-refractivity contribution in [1.82, 2.24) is 0 Å². The summed E-state index contributed by atoms with van der Waals surface area (Å²) in [5, 5.41) is 10.7. The SMILES string of the molecule is COc1c(C)cc(Cl)cc1C(O)C(C)(C)N. The van der Waals surface area contributed by atoms with Gasteiger partial charge in [-0.25, -0.2) is 0 Å². The molecule has 0 saturated carbocycles. The van der Waals surface area contributed by atoms with Crippen LogP contribution in [-0.4, -0.2) is 17.8 Å². The summed E-state index contributed by atoms with van der Waals surface area (Å²) >= 11 is 5.97. The standard InChI is InChI=1S/C12H18ClNO2/c1-7-5-8(13)6-9(10(7)16-4)11(15)12(2,3)14/h5-6,11,15H,14H2,1-4H3. The minimum absolute atomic E-state index is 0.566. The largest absolute Gasteiger partial charge is 0.496 e. The zero-order valence-corrected chi connectivity index (χ0v) is 10.8. The first-order chi connectivity index (χ1) is 7.27. The molecule has 0 heterocycles. The van der Waals surface area contributed by atoms with Gasteiger partial charge in [-0.1, -0.05) is 11.6 Å². The molecule has 1 unspecified atom stereocenters. The van der Waals surface area contributed by atoms with E-state index in [9.17, 15) is 5.11 Å². The molecule has 0 fully saturated rings. The van der Waals surface area contributed by atoms with Crippen LogP contribution in [0.3, 0.4) is 0 Å². The van der Waals surface area contributed by atoms with Crippen molar-refractivity contribution in [3.05, 3.63) is 28.3 Å². The maximum absolute atomic E-state index is 10.2. The average Bonchev–Trinajstić information content (AvgIpc) is 2.14. The maximum Gasteiger partial charge on any atom is 0.127 e. The van der Waals surface area contributed by atoms with Gasteiger partial charge < -0.3 is 15.6 Å². The third kappa shape index (κ3) is 2.67. The molecule has 0 saturated heterocycles. The molecule has 3 nitrogen and oxygen atoms in total. The molecule has 0 aromatic heterocycles. The van der Waals surface area contributed by atoms with Gasteiger partial charge in [0.05, 0.1) is 13.2 Å². The summed E-state index contributed by atoms with van der Waals surface area (Å²) in [6.45, 7) is 5.39. The van der Waals surface area contributed by atoms with E-state index in [0.29, 0.717) is 16.3 Å². The Kier molecular flexibility index (Phi) is 3.84. The summed E-state index contributed by atoms with van der Waals surface area (Å²) in [5.74, 6) is 0.635. The van der Waals surface area contributed by atoms with Crippen LogP contribution in [0.25, 0.3) is 0 Å². The minimum Gasteiger partial charge on any atom is -0.496 e. The predicted molar refractivity (Wildman–Crippen MR) is 66.0 cm³/mol. The van der Waals surface area contributed by atoms with Crippen LogP contribution in [0, 0.1) is 6.92 Å². The summed E-state index contributed by atoms with van der Waals surface area (Å²) < 4.78 is 5.27. The molecule has 0 aliphatic rings. The highest BCUT2D eigenvalue weighted by Crippen LogP contribution is 2.35. The van der Waals surface area contributed by atoms with Crippen LogP contribution < -0.4 is 10.5 Å². The highest BCUT2D eigenvalue weighted by atomic mass is 35.5. The molecule has 4 heteroatoms. The number of halogens is 1. The molecule has 90 valence electrons. The fourth-order valence-electron chi connectivity index (χ4n) is 1.64. The molecule has 0 spiro atoms. The second-order valence-electron chi connectivity index (χ2n) is 4.57. The van der Waals surface area contributed by atoms with Crippen LogP contribution in [0.1, 0.15) is 31.1 Å². The van der Waals surface area contributed by atoms with Crippen molar-refractivity contribution < 1.29 is 9.84 Å². The van der Waals surface area contributed by atoms with E-state index < -0.39 is 11.6 Å². The van der Waals surface area contributed by atoms with Crippen molar-refractivity contribution in [1.29, 1.82) is 0 Å². The van der Waals surface area contributed by atoms with Crippen LogP contribution in [0.2, 0.25) is 5.02 Å². The summed E-state index contributed by atoms with van der Waals surface area (Å²) in [6, 6.07) is 3.48.